The van der Waals surface area contributed by atoms with E-state index in [2.05, 4.69) is 4.90 Å². The van der Waals surface area contributed by atoms with Crippen molar-refractivity contribution < 1.29 is 18.3 Å². The van der Waals surface area contributed by atoms with Crippen molar-refractivity contribution in [1.82, 2.24) is 13.5 Å². The standard InChI is InChI=1S/C14H25N3O4S/c1-15(2)22(20,21)17-8-11-7-16(12-5-3-4-6-12)9-14(11,10-17)13(18)19/h11-12H,3-10H2,1-2H3,(H,18,19)/t11-,14-/m1/s1. The summed E-state index contributed by atoms with van der Waals surface area (Å²) in [6.45, 7) is 1.60. The van der Waals surface area contributed by atoms with Gasteiger partial charge in [0.25, 0.3) is 10.2 Å². The first-order chi connectivity index (χ1) is 10.3. The van der Waals surface area contributed by atoms with Crippen molar-refractivity contribution in [1.29, 1.82) is 0 Å². The average Bonchev–Trinajstić information content (AvgIpc) is 3.11. The SMILES string of the molecule is CN(C)S(=O)(=O)N1C[C@H]2CN(C3CCCC3)C[C@@]2(C(=O)O)C1. The Labute approximate surface area is 132 Å². The molecule has 2 atom stereocenters. The largest absolute Gasteiger partial charge is 0.481 e. The number of carboxylic acid groups (broad SMARTS) is 1. The van der Waals surface area contributed by atoms with Crippen LogP contribution in [0.3, 0.4) is 0 Å². The van der Waals surface area contributed by atoms with E-state index < -0.39 is 21.6 Å². The second-order valence-electron chi connectivity index (χ2n) is 7.11. The molecule has 0 aromatic rings. The predicted molar refractivity (Wildman–Crippen MR) is 81.6 cm³/mol. The lowest BCUT2D eigenvalue weighted by Crippen LogP contribution is -2.45. The van der Waals surface area contributed by atoms with Crippen LogP contribution >= 0.6 is 0 Å². The van der Waals surface area contributed by atoms with Gasteiger partial charge in [-0.05, 0) is 12.8 Å². The number of carboxylic acids is 1. The van der Waals surface area contributed by atoms with E-state index in [9.17, 15) is 18.3 Å². The summed E-state index contributed by atoms with van der Waals surface area (Å²) >= 11 is 0. The van der Waals surface area contributed by atoms with E-state index in [4.69, 9.17) is 0 Å². The maximum absolute atomic E-state index is 12.3. The van der Waals surface area contributed by atoms with Crippen molar-refractivity contribution >= 4 is 16.2 Å². The van der Waals surface area contributed by atoms with Crippen LogP contribution < -0.4 is 0 Å². The highest BCUT2D eigenvalue weighted by molar-refractivity contribution is 7.86. The lowest BCUT2D eigenvalue weighted by molar-refractivity contribution is -0.148. The molecule has 3 rings (SSSR count). The first-order valence-corrected chi connectivity index (χ1v) is 9.32. The Bertz CT molecular complexity index is 558. The molecular weight excluding hydrogens is 306 g/mol. The molecular formula is C14H25N3O4S. The molecule has 0 aromatic heterocycles. The number of nitrogens with zero attached hydrogens (tertiary/aromatic N) is 3. The third-order valence-electron chi connectivity index (χ3n) is 5.66. The fourth-order valence-electron chi connectivity index (χ4n) is 4.31. The molecule has 0 spiro atoms. The first kappa shape index (κ1) is 16.2. The van der Waals surface area contributed by atoms with Gasteiger partial charge in [-0.15, -0.1) is 0 Å². The number of aliphatic carboxylic acids is 1. The fraction of sp³-hybridized carbons (Fsp3) is 0.929. The van der Waals surface area contributed by atoms with Crippen LogP contribution in [-0.4, -0.2) is 79.3 Å². The van der Waals surface area contributed by atoms with Gasteiger partial charge >= 0.3 is 5.97 Å². The summed E-state index contributed by atoms with van der Waals surface area (Å²) in [5, 5.41) is 9.80. The van der Waals surface area contributed by atoms with E-state index in [1.807, 2.05) is 0 Å². The molecule has 0 amide bonds. The molecule has 2 aliphatic heterocycles. The van der Waals surface area contributed by atoms with Gasteiger partial charge < -0.3 is 5.11 Å². The predicted octanol–water partition coefficient (Wildman–Crippen LogP) is 0.0538. The number of hydrogen-bond acceptors (Lipinski definition) is 4. The zero-order valence-corrected chi connectivity index (χ0v) is 14.0. The molecule has 2 heterocycles. The number of hydrogen-bond donors (Lipinski definition) is 1. The smallest absolute Gasteiger partial charge is 0.312 e. The second-order valence-corrected chi connectivity index (χ2v) is 9.25. The molecule has 22 heavy (non-hydrogen) atoms. The van der Waals surface area contributed by atoms with Crippen molar-refractivity contribution in [3.63, 3.8) is 0 Å². The number of rotatable bonds is 4. The van der Waals surface area contributed by atoms with Crippen LogP contribution in [0.2, 0.25) is 0 Å². The van der Waals surface area contributed by atoms with Crippen LogP contribution in [0, 0.1) is 11.3 Å². The van der Waals surface area contributed by atoms with Gasteiger partial charge in [-0.2, -0.15) is 17.0 Å². The lowest BCUT2D eigenvalue weighted by Gasteiger charge is -2.29. The Hall–Kier alpha value is -0.700. The van der Waals surface area contributed by atoms with Crippen molar-refractivity contribution in [3.05, 3.63) is 0 Å². The third-order valence-corrected chi connectivity index (χ3v) is 7.51. The van der Waals surface area contributed by atoms with Gasteiger partial charge in [0.05, 0.1) is 5.41 Å². The maximum atomic E-state index is 12.3. The summed E-state index contributed by atoms with van der Waals surface area (Å²) < 4.78 is 27.1. The molecule has 0 radical (unpaired) electrons. The van der Waals surface area contributed by atoms with Crippen LogP contribution in [0.15, 0.2) is 0 Å². The van der Waals surface area contributed by atoms with Crippen molar-refractivity contribution in [2.45, 2.75) is 31.7 Å². The summed E-state index contributed by atoms with van der Waals surface area (Å²) in [6, 6.07) is 0.487. The summed E-state index contributed by atoms with van der Waals surface area (Å²) in [6.07, 6.45) is 4.71. The summed E-state index contributed by atoms with van der Waals surface area (Å²) in [5.41, 5.74) is -0.939. The highest BCUT2D eigenvalue weighted by Gasteiger charge is 2.60. The monoisotopic (exact) mass is 331 g/mol. The molecule has 3 fully saturated rings. The number of fused-ring (bicyclic) bond motifs is 1. The van der Waals surface area contributed by atoms with E-state index in [-0.39, 0.29) is 12.5 Å². The van der Waals surface area contributed by atoms with Crippen LogP contribution in [0.25, 0.3) is 0 Å². The van der Waals surface area contributed by atoms with E-state index in [1.165, 1.54) is 35.5 Å². The molecule has 2 saturated heterocycles. The maximum Gasteiger partial charge on any atom is 0.312 e. The van der Waals surface area contributed by atoms with E-state index in [1.54, 1.807) is 0 Å². The minimum atomic E-state index is -3.54. The second kappa shape index (κ2) is 5.43. The van der Waals surface area contributed by atoms with Crippen LogP contribution in [-0.2, 0) is 15.0 Å². The molecule has 1 saturated carbocycles. The third kappa shape index (κ3) is 2.36. The zero-order chi connectivity index (χ0) is 16.1. The van der Waals surface area contributed by atoms with E-state index in [0.29, 0.717) is 25.7 Å². The molecule has 1 N–H and O–H groups in total. The summed E-state index contributed by atoms with van der Waals surface area (Å²) in [4.78, 5) is 14.2. The molecule has 0 aromatic carbocycles. The van der Waals surface area contributed by atoms with Gasteiger partial charge in [0.15, 0.2) is 0 Å². The van der Waals surface area contributed by atoms with Crippen LogP contribution in [0.4, 0.5) is 0 Å². The Morgan fingerprint density at radius 2 is 1.82 bits per heavy atom. The van der Waals surface area contributed by atoms with Gasteiger partial charge in [-0.1, -0.05) is 12.8 Å². The first-order valence-electron chi connectivity index (χ1n) is 7.92. The highest BCUT2D eigenvalue weighted by atomic mass is 32.2. The van der Waals surface area contributed by atoms with Crippen LogP contribution in [0.1, 0.15) is 25.7 Å². The zero-order valence-electron chi connectivity index (χ0n) is 13.2. The Balaban J connectivity index is 1.81. The molecule has 3 aliphatic rings. The molecule has 126 valence electrons. The summed E-state index contributed by atoms with van der Waals surface area (Å²) in [7, 11) is -0.566. The fourth-order valence-corrected chi connectivity index (χ4v) is 5.54. The van der Waals surface area contributed by atoms with Gasteiger partial charge in [0.1, 0.15) is 0 Å². The summed E-state index contributed by atoms with van der Waals surface area (Å²) in [5.74, 6) is -0.963. The van der Waals surface area contributed by atoms with Crippen molar-refractivity contribution in [3.8, 4) is 0 Å². The normalized spacial score (nSPS) is 34.6. The number of carbonyl (C=O) groups is 1. The minimum absolute atomic E-state index is 0.0940. The topological polar surface area (TPSA) is 81.2 Å². The molecule has 1 aliphatic carbocycles. The van der Waals surface area contributed by atoms with E-state index >= 15 is 0 Å². The van der Waals surface area contributed by atoms with E-state index in [0.717, 1.165) is 12.8 Å². The molecule has 7 nitrogen and oxygen atoms in total. The van der Waals surface area contributed by atoms with Crippen LogP contribution in [0.5, 0.6) is 0 Å². The minimum Gasteiger partial charge on any atom is -0.481 e. The molecule has 0 unspecified atom stereocenters. The van der Waals surface area contributed by atoms with Crippen molar-refractivity contribution in [2.75, 3.05) is 40.3 Å². The number of likely N-dealkylation sites (tertiary alicyclic amines) is 1. The molecule has 0 bridgehead atoms. The Morgan fingerprint density at radius 1 is 1.18 bits per heavy atom. The molecule has 8 heteroatoms. The van der Waals surface area contributed by atoms with Crippen molar-refractivity contribution in [2.24, 2.45) is 11.3 Å². The van der Waals surface area contributed by atoms with Gasteiger partial charge in [-0.3, -0.25) is 9.69 Å². The lowest BCUT2D eigenvalue weighted by atomic mass is 9.81. The van der Waals surface area contributed by atoms with Gasteiger partial charge in [0.2, 0.25) is 0 Å². The average molecular weight is 331 g/mol. The quantitative estimate of drug-likeness (QED) is 0.787. The van der Waals surface area contributed by atoms with Gasteiger partial charge in [0, 0.05) is 52.2 Å². The van der Waals surface area contributed by atoms with Gasteiger partial charge in [-0.25, -0.2) is 0 Å². The Kier molecular flexibility index (Phi) is 3.99. The highest BCUT2D eigenvalue weighted by Crippen LogP contribution is 2.45. The Morgan fingerprint density at radius 3 is 2.32 bits per heavy atom.